The number of allylic oxidation sites excluding steroid dienone is 4. The number of aromatic nitrogens is 1. The Balaban J connectivity index is 1.98. The molecule has 1 aromatic heterocycles. The fraction of sp³-hybridized carbons (Fsp3) is 0.655. The SMILES string of the molecule is CCCCC/C=C\C/C=C\CCCCCCCC(=O)Nc1ccc(OCCCCCC)nc1. The molecule has 0 fully saturated rings. The van der Waals surface area contributed by atoms with Crippen LogP contribution in [0.4, 0.5) is 5.69 Å². The predicted octanol–water partition coefficient (Wildman–Crippen LogP) is 8.79. The molecule has 0 spiro atoms. The number of hydrogen-bond donors (Lipinski definition) is 1. The van der Waals surface area contributed by atoms with Gasteiger partial charge in [-0.25, -0.2) is 4.98 Å². The molecule has 0 aliphatic carbocycles. The molecule has 0 atom stereocenters. The zero-order chi connectivity index (χ0) is 23.8. The summed E-state index contributed by atoms with van der Waals surface area (Å²) in [5.41, 5.74) is 0.737. The van der Waals surface area contributed by atoms with Gasteiger partial charge in [-0.05, 0) is 51.0 Å². The van der Waals surface area contributed by atoms with Crippen LogP contribution < -0.4 is 10.1 Å². The fourth-order valence-corrected chi connectivity index (χ4v) is 3.57. The van der Waals surface area contributed by atoms with Crippen molar-refractivity contribution in [3.63, 3.8) is 0 Å². The summed E-state index contributed by atoms with van der Waals surface area (Å²) in [5.74, 6) is 0.689. The topological polar surface area (TPSA) is 51.2 Å². The number of carbonyl (C=O) groups is 1. The molecule has 4 nitrogen and oxygen atoms in total. The van der Waals surface area contributed by atoms with Crippen LogP contribution in [0.15, 0.2) is 42.6 Å². The maximum absolute atomic E-state index is 12.1. The monoisotopic (exact) mass is 456 g/mol. The molecular formula is C29H48N2O2. The van der Waals surface area contributed by atoms with E-state index in [4.69, 9.17) is 4.74 Å². The molecule has 1 amide bonds. The number of rotatable bonds is 21. The smallest absolute Gasteiger partial charge is 0.224 e. The van der Waals surface area contributed by atoms with Gasteiger partial charge in [-0.2, -0.15) is 0 Å². The zero-order valence-corrected chi connectivity index (χ0v) is 21.3. The Morgan fingerprint density at radius 3 is 2.15 bits per heavy atom. The van der Waals surface area contributed by atoms with Crippen LogP contribution in [0.3, 0.4) is 0 Å². The molecule has 0 aliphatic heterocycles. The van der Waals surface area contributed by atoms with Crippen molar-refractivity contribution in [2.45, 2.75) is 117 Å². The Hall–Kier alpha value is -2.10. The molecule has 0 aliphatic rings. The number of pyridine rings is 1. The van der Waals surface area contributed by atoms with Crippen LogP contribution in [0.1, 0.15) is 117 Å². The Morgan fingerprint density at radius 2 is 1.45 bits per heavy atom. The fourth-order valence-electron chi connectivity index (χ4n) is 3.57. The summed E-state index contributed by atoms with van der Waals surface area (Å²) in [5, 5.41) is 2.93. The average Bonchev–Trinajstić information content (AvgIpc) is 2.82. The summed E-state index contributed by atoms with van der Waals surface area (Å²) >= 11 is 0. The van der Waals surface area contributed by atoms with E-state index in [0.29, 0.717) is 18.9 Å². The molecule has 1 heterocycles. The molecule has 4 heteroatoms. The lowest BCUT2D eigenvalue weighted by molar-refractivity contribution is -0.116. The second-order valence-corrected chi connectivity index (χ2v) is 8.82. The van der Waals surface area contributed by atoms with Crippen LogP contribution in [-0.2, 0) is 4.79 Å². The Kier molecular flexibility index (Phi) is 19.1. The van der Waals surface area contributed by atoms with Crippen LogP contribution >= 0.6 is 0 Å². The van der Waals surface area contributed by atoms with E-state index in [1.807, 2.05) is 12.1 Å². The second kappa shape index (κ2) is 21.7. The van der Waals surface area contributed by atoms with Gasteiger partial charge in [0.05, 0.1) is 18.5 Å². The number of hydrogen-bond acceptors (Lipinski definition) is 3. The van der Waals surface area contributed by atoms with Gasteiger partial charge in [0, 0.05) is 12.5 Å². The van der Waals surface area contributed by atoms with Gasteiger partial charge in [0.25, 0.3) is 0 Å². The van der Waals surface area contributed by atoms with Crippen LogP contribution in [0.5, 0.6) is 5.88 Å². The van der Waals surface area contributed by atoms with Crippen molar-refractivity contribution in [1.29, 1.82) is 0 Å². The summed E-state index contributed by atoms with van der Waals surface area (Å²) in [7, 11) is 0. The Morgan fingerprint density at radius 1 is 0.818 bits per heavy atom. The van der Waals surface area contributed by atoms with Crippen molar-refractivity contribution >= 4 is 11.6 Å². The Labute approximate surface area is 203 Å². The molecule has 0 radical (unpaired) electrons. The molecule has 0 saturated carbocycles. The molecule has 1 aromatic rings. The van der Waals surface area contributed by atoms with E-state index in [9.17, 15) is 4.79 Å². The molecule has 0 unspecified atom stereocenters. The lowest BCUT2D eigenvalue weighted by Gasteiger charge is -2.07. The van der Waals surface area contributed by atoms with Crippen molar-refractivity contribution in [1.82, 2.24) is 4.98 Å². The van der Waals surface area contributed by atoms with E-state index in [0.717, 1.165) is 37.8 Å². The summed E-state index contributed by atoms with van der Waals surface area (Å²) in [6.07, 6.45) is 29.3. The maximum Gasteiger partial charge on any atom is 0.224 e. The van der Waals surface area contributed by atoms with Crippen molar-refractivity contribution in [3.8, 4) is 5.88 Å². The van der Waals surface area contributed by atoms with Crippen LogP contribution in [0.25, 0.3) is 0 Å². The molecule has 0 bridgehead atoms. The number of anilines is 1. The minimum Gasteiger partial charge on any atom is -0.478 e. The first-order valence-electron chi connectivity index (χ1n) is 13.4. The van der Waals surface area contributed by atoms with E-state index >= 15 is 0 Å². The molecule has 1 rings (SSSR count). The highest BCUT2D eigenvalue weighted by Crippen LogP contribution is 2.14. The normalized spacial score (nSPS) is 11.5. The minimum atomic E-state index is 0.0655. The maximum atomic E-state index is 12.1. The van der Waals surface area contributed by atoms with Crippen LogP contribution in [-0.4, -0.2) is 17.5 Å². The number of carbonyl (C=O) groups excluding carboxylic acids is 1. The second-order valence-electron chi connectivity index (χ2n) is 8.82. The van der Waals surface area contributed by atoms with E-state index in [1.165, 1.54) is 64.2 Å². The lowest BCUT2D eigenvalue weighted by Crippen LogP contribution is -2.11. The molecule has 0 aromatic carbocycles. The standard InChI is InChI=1S/C29H48N2O2/c1-3-5-7-9-10-11-12-13-14-15-16-17-18-19-20-22-28(32)31-27-23-24-29(30-26-27)33-25-21-8-6-4-2/h10-11,13-14,23-24,26H,3-9,12,15-22,25H2,1-2H3,(H,31,32)/b11-10-,14-13-. The number of ether oxygens (including phenoxy) is 1. The van der Waals surface area contributed by atoms with Gasteiger partial charge in [-0.15, -0.1) is 0 Å². The highest BCUT2D eigenvalue weighted by Gasteiger charge is 2.03. The number of nitrogens with zero attached hydrogens (tertiary/aromatic N) is 1. The highest BCUT2D eigenvalue weighted by molar-refractivity contribution is 5.90. The van der Waals surface area contributed by atoms with Gasteiger partial charge in [0.1, 0.15) is 0 Å². The third-order valence-corrected chi connectivity index (χ3v) is 5.62. The van der Waals surface area contributed by atoms with E-state index < -0.39 is 0 Å². The molecule has 0 saturated heterocycles. The minimum absolute atomic E-state index is 0.0655. The molecular weight excluding hydrogens is 408 g/mol. The summed E-state index contributed by atoms with van der Waals surface area (Å²) < 4.78 is 5.64. The van der Waals surface area contributed by atoms with E-state index in [2.05, 4.69) is 48.5 Å². The summed E-state index contributed by atoms with van der Waals surface area (Å²) in [6.45, 7) is 5.14. The van der Waals surface area contributed by atoms with Gasteiger partial charge in [0.15, 0.2) is 0 Å². The summed E-state index contributed by atoms with van der Waals surface area (Å²) in [4.78, 5) is 16.4. The van der Waals surface area contributed by atoms with Gasteiger partial charge >= 0.3 is 0 Å². The first-order chi connectivity index (χ1) is 16.3. The van der Waals surface area contributed by atoms with Crippen LogP contribution in [0, 0.1) is 0 Å². The van der Waals surface area contributed by atoms with Crippen molar-refractivity contribution in [2.75, 3.05) is 11.9 Å². The molecule has 1 N–H and O–H groups in total. The van der Waals surface area contributed by atoms with E-state index in [-0.39, 0.29) is 5.91 Å². The first kappa shape index (κ1) is 28.9. The van der Waals surface area contributed by atoms with Gasteiger partial charge in [-0.3, -0.25) is 4.79 Å². The Bertz CT molecular complexity index is 638. The molecule has 186 valence electrons. The third-order valence-electron chi connectivity index (χ3n) is 5.62. The number of nitrogens with one attached hydrogen (secondary N) is 1. The van der Waals surface area contributed by atoms with Gasteiger partial charge in [0.2, 0.25) is 11.8 Å². The van der Waals surface area contributed by atoms with Gasteiger partial charge < -0.3 is 10.1 Å². The zero-order valence-electron chi connectivity index (χ0n) is 21.3. The van der Waals surface area contributed by atoms with Crippen molar-refractivity contribution in [2.24, 2.45) is 0 Å². The summed E-state index contributed by atoms with van der Waals surface area (Å²) in [6, 6.07) is 3.69. The van der Waals surface area contributed by atoms with Gasteiger partial charge in [-0.1, -0.05) is 89.5 Å². The third kappa shape index (κ3) is 18.1. The highest BCUT2D eigenvalue weighted by atomic mass is 16.5. The molecule has 33 heavy (non-hydrogen) atoms. The number of amides is 1. The van der Waals surface area contributed by atoms with E-state index in [1.54, 1.807) is 6.20 Å². The van der Waals surface area contributed by atoms with Crippen LogP contribution in [0.2, 0.25) is 0 Å². The lowest BCUT2D eigenvalue weighted by atomic mass is 10.1. The quantitative estimate of drug-likeness (QED) is 0.148. The van der Waals surface area contributed by atoms with Crippen molar-refractivity contribution in [3.05, 3.63) is 42.6 Å². The predicted molar refractivity (Wildman–Crippen MR) is 142 cm³/mol. The van der Waals surface area contributed by atoms with Crippen molar-refractivity contribution < 1.29 is 9.53 Å². The largest absolute Gasteiger partial charge is 0.478 e. The average molecular weight is 457 g/mol. The number of unbranched alkanes of at least 4 members (excludes halogenated alkanes) is 11. The first-order valence-corrected chi connectivity index (χ1v) is 13.4.